The van der Waals surface area contributed by atoms with E-state index in [1.807, 2.05) is 0 Å². The van der Waals surface area contributed by atoms with Crippen LogP contribution >= 0.6 is 0 Å². The Bertz CT molecular complexity index is 205. The van der Waals surface area contributed by atoms with Gasteiger partial charge in [-0.15, -0.1) is 6.42 Å². The molecule has 0 aromatic heterocycles. The summed E-state index contributed by atoms with van der Waals surface area (Å²) in [6.07, 6.45) is 9.43. The molecule has 2 rings (SSSR count). The second kappa shape index (κ2) is 3.69. The lowest BCUT2D eigenvalue weighted by Gasteiger charge is -2.30. The summed E-state index contributed by atoms with van der Waals surface area (Å²) in [7, 11) is 0. The molecular formula is C11H18N2. The highest BCUT2D eigenvalue weighted by atomic mass is 15.3. The molecule has 0 aromatic rings. The summed E-state index contributed by atoms with van der Waals surface area (Å²) in [6, 6.07) is 1.75. The fraction of sp³-hybridized carbons (Fsp3) is 0.818. The average molecular weight is 178 g/mol. The van der Waals surface area contributed by atoms with Crippen LogP contribution in [0.3, 0.4) is 0 Å². The Morgan fingerprint density at radius 3 is 2.92 bits per heavy atom. The van der Waals surface area contributed by atoms with Crippen LogP contribution in [0.2, 0.25) is 0 Å². The van der Waals surface area contributed by atoms with E-state index in [1.165, 1.54) is 19.3 Å². The standard InChI is InChI=1S/C11H18N2/c1-3-9(2)13-10-4-5-11(13)8-12-7-6-10/h1,9-12H,4-8H2,2H3. The summed E-state index contributed by atoms with van der Waals surface area (Å²) in [5.74, 6) is 2.86. The highest BCUT2D eigenvalue weighted by Crippen LogP contribution is 2.29. The largest absolute Gasteiger partial charge is 0.315 e. The zero-order valence-corrected chi connectivity index (χ0v) is 8.29. The number of nitrogens with one attached hydrogen (secondary N) is 1. The van der Waals surface area contributed by atoms with E-state index in [-0.39, 0.29) is 0 Å². The summed E-state index contributed by atoms with van der Waals surface area (Å²) in [4.78, 5) is 2.54. The van der Waals surface area contributed by atoms with Crippen LogP contribution in [0.1, 0.15) is 26.2 Å². The summed E-state index contributed by atoms with van der Waals surface area (Å²) in [6.45, 7) is 4.44. The van der Waals surface area contributed by atoms with Crippen LogP contribution in [-0.2, 0) is 0 Å². The Labute approximate surface area is 80.7 Å². The lowest BCUT2D eigenvalue weighted by atomic mass is 10.1. The fourth-order valence-electron chi connectivity index (χ4n) is 2.74. The quantitative estimate of drug-likeness (QED) is 0.598. The minimum atomic E-state index is 0.317. The van der Waals surface area contributed by atoms with Gasteiger partial charge < -0.3 is 5.32 Å². The molecule has 1 N–H and O–H groups in total. The first-order valence-corrected chi connectivity index (χ1v) is 5.27. The van der Waals surface area contributed by atoms with Crippen molar-refractivity contribution in [3.05, 3.63) is 0 Å². The molecule has 0 spiro atoms. The third-order valence-corrected chi connectivity index (χ3v) is 3.40. The number of nitrogens with zero attached hydrogens (tertiary/aromatic N) is 1. The molecule has 2 aliphatic rings. The van der Waals surface area contributed by atoms with Gasteiger partial charge in [0.25, 0.3) is 0 Å². The maximum atomic E-state index is 5.49. The van der Waals surface area contributed by atoms with Gasteiger partial charge in [-0.1, -0.05) is 5.92 Å². The average Bonchev–Trinajstić information content (AvgIpc) is 2.38. The van der Waals surface area contributed by atoms with Gasteiger partial charge in [-0.05, 0) is 32.7 Å². The Kier molecular flexibility index (Phi) is 2.57. The lowest BCUT2D eigenvalue weighted by Crippen LogP contribution is -2.43. The number of terminal acetylenes is 1. The van der Waals surface area contributed by atoms with Crippen molar-refractivity contribution < 1.29 is 0 Å². The highest BCUT2D eigenvalue weighted by Gasteiger charge is 2.36. The fourth-order valence-corrected chi connectivity index (χ4v) is 2.74. The number of hydrogen-bond donors (Lipinski definition) is 1. The third-order valence-electron chi connectivity index (χ3n) is 3.40. The van der Waals surface area contributed by atoms with Crippen molar-refractivity contribution in [3.8, 4) is 12.3 Å². The monoisotopic (exact) mass is 178 g/mol. The summed E-state index contributed by atoms with van der Waals surface area (Å²) < 4.78 is 0. The predicted molar refractivity (Wildman–Crippen MR) is 54.4 cm³/mol. The molecule has 13 heavy (non-hydrogen) atoms. The SMILES string of the molecule is C#CC(C)N1C2CCNCC1CC2. The van der Waals surface area contributed by atoms with Crippen molar-refractivity contribution in [3.63, 3.8) is 0 Å². The van der Waals surface area contributed by atoms with Crippen LogP contribution in [0, 0.1) is 12.3 Å². The van der Waals surface area contributed by atoms with E-state index < -0.39 is 0 Å². The first kappa shape index (κ1) is 9.05. The molecule has 0 aliphatic carbocycles. The lowest BCUT2D eigenvalue weighted by molar-refractivity contribution is 0.179. The van der Waals surface area contributed by atoms with Gasteiger partial charge >= 0.3 is 0 Å². The van der Waals surface area contributed by atoms with Gasteiger partial charge in [0.05, 0.1) is 6.04 Å². The summed E-state index contributed by atoms with van der Waals surface area (Å²) in [5, 5.41) is 3.48. The molecule has 2 bridgehead atoms. The Morgan fingerprint density at radius 1 is 1.38 bits per heavy atom. The van der Waals surface area contributed by atoms with Crippen molar-refractivity contribution in [2.24, 2.45) is 0 Å². The molecule has 3 unspecified atom stereocenters. The Morgan fingerprint density at radius 2 is 2.15 bits per heavy atom. The molecule has 0 radical (unpaired) electrons. The van der Waals surface area contributed by atoms with Crippen molar-refractivity contribution in [1.29, 1.82) is 0 Å². The summed E-state index contributed by atoms with van der Waals surface area (Å²) in [5.41, 5.74) is 0. The maximum Gasteiger partial charge on any atom is 0.0688 e. The van der Waals surface area contributed by atoms with Crippen molar-refractivity contribution >= 4 is 0 Å². The third kappa shape index (κ3) is 1.59. The van der Waals surface area contributed by atoms with Gasteiger partial charge in [0, 0.05) is 18.6 Å². The normalized spacial score (nSPS) is 36.6. The van der Waals surface area contributed by atoms with Crippen molar-refractivity contribution in [2.45, 2.75) is 44.3 Å². The molecular weight excluding hydrogens is 160 g/mol. The van der Waals surface area contributed by atoms with Crippen molar-refractivity contribution in [2.75, 3.05) is 13.1 Å². The molecule has 2 fully saturated rings. The summed E-state index contributed by atoms with van der Waals surface area (Å²) >= 11 is 0. The zero-order valence-electron chi connectivity index (χ0n) is 8.29. The predicted octanol–water partition coefficient (Wildman–Crippen LogP) is 0.834. The van der Waals surface area contributed by atoms with E-state index in [0.717, 1.165) is 19.1 Å². The molecule has 2 nitrogen and oxygen atoms in total. The zero-order chi connectivity index (χ0) is 9.26. The number of fused-ring (bicyclic) bond motifs is 2. The molecule has 72 valence electrons. The molecule has 2 heterocycles. The Hall–Kier alpha value is -0.520. The maximum absolute atomic E-state index is 5.49. The topological polar surface area (TPSA) is 15.3 Å². The van der Waals surface area contributed by atoms with Crippen LogP contribution in [-0.4, -0.2) is 36.1 Å². The second-order valence-electron chi connectivity index (χ2n) is 4.17. The second-order valence-corrected chi connectivity index (χ2v) is 4.17. The van der Waals surface area contributed by atoms with E-state index in [1.54, 1.807) is 0 Å². The highest BCUT2D eigenvalue weighted by molar-refractivity contribution is 5.04. The number of hydrogen-bond acceptors (Lipinski definition) is 2. The first-order valence-electron chi connectivity index (χ1n) is 5.27. The van der Waals surface area contributed by atoms with Crippen LogP contribution in [0.5, 0.6) is 0 Å². The van der Waals surface area contributed by atoms with Crippen LogP contribution in [0.4, 0.5) is 0 Å². The molecule has 0 aromatic carbocycles. The van der Waals surface area contributed by atoms with Crippen LogP contribution < -0.4 is 5.32 Å². The molecule has 2 heteroatoms. The van der Waals surface area contributed by atoms with Gasteiger partial charge in [-0.3, -0.25) is 4.90 Å². The number of rotatable bonds is 1. The van der Waals surface area contributed by atoms with E-state index in [2.05, 4.69) is 23.1 Å². The smallest absolute Gasteiger partial charge is 0.0688 e. The minimum absolute atomic E-state index is 0.317. The van der Waals surface area contributed by atoms with Crippen LogP contribution in [0.15, 0.2) is 0 Å². The van der Waals surface area contributed by atoms with Crippen LogP contribution in [0.25, 0.3) is 0 Å². The Balaban J connectivity index is 2.12. The molecule has 3 atom stereocenters. The molecule has 0 saturated carbocycles. The minimum Gasteiger partial charge on any atom is -0.315 e. The van der Waals surface area contributed by atoms with Crippen molar-refractivity contribution in [1.82, 2.24) is 10.2 Å². The van der Waals surface area contributed by atoms with Gasteiger partial charge in [-0.25, -0.2) is 0 Å². The van der Waals surface area contributed by atoms with E-state index >= 15 is 0 Å². The van der Waals surface area contributed by atoms with Gasteiger partial charge in [0.2, 0.25) is 0 Å². The van der Waals surface area contributed by atoms with E-state index in [4.69, 9.17) is 6.42 Å². The molecule has 0 amide bonds. The van der Waals surface area contributed by atoms with Gasteiger partial charge in [0.15, 0.2) is 0 Å². The molecule has 2 aliphatic heterocycles. The van der Waals surface area contributed by atoms with E-state index in [0.29, 0.717) is 12.1 Å². The van der Waals surface area contributed by atoms with E-state index in [9.17, 15) is 0 Å². The molecule has 2 saturated heterocycles. The first-order chi connectivity index (χ1) is 6.33. The van der Waals surface area contributed by atoms with Gasteiger partial charge in [-0.2, -0.15) is 0 Å². The van der Waals surface area contributed by atoms with Gasteiger partial charge in [0.1, 0.15) is 0 Å².